The maximum absolute atomic E-state index is 5.76. The molecule has 0 aliphatic heterocycles. The van der Waals surface area contributed by atoms with Crippen LogP contribution in [-0.2, 0) is 13.0 Å². The molecule has 3 heteroatoms. The molecular formula is C16H25N3. The second kappa shape index (κ2) is 5.33. The molecule has 0 saturated heterocycles. The van der Waals surface area contributed by atoms with Gasteiger partial charge in [-0.15, -0.1) is 0 Å². The normalized spacial score (nSPS) is 13.9. The van der Waals surface area contributed by atoms with Gasteiger partial charge in [-0.05, 0) is 29.4 Å². The van der Waals surface area contributed by atoms with Crippen molar-refractivity contribution in [3.05, 3.63) is 29.6 Å². The standard InChI is InChI=1S/C16H25N3/c1-11(9-16(2,3)4)8-14-18-13-7-5-6-12(10-17)15(13)19-14/h5-7,11H,8-10,17H2,1-4H3,(H,18,19). The Hall–Kier alpha value is -1.35. The predicted octanol–water partition coefficient (Wildman–Crippen LogP) is 3.64. The SMILES string of the molecule is CC(Cc1nc2c(CN)cccc2[nH]1)CC(C)(C)C. The van der Waals surface area contributed by atoms with E-state index in [4.69, 9.17) is 10.7 Å². The van der Waals surface area contributed by atoms with E-state index in [0.29, 0.717) is 17.9 Å². The Morgan fingerprint density at radius 2 is 2.05 bits per heavy atom. The van der Waals surface area contributed by atoms with E-state index in [1.165, 1.54) is 6.42 Å². The van der Waals surface area contributed by atoms with Crippen molar-refractivity contribution in [3.63, 3.8) is 0 Å². The molecule has 3 nitrogen and oxygen atoms in total. The summed E-state index contributed by atoms with van der Waals surface area (Å²) in [5.41, 5.74) is 9.37. The van der Waals surface area contributed by atoms with E-state index in [2.05, 4.69) is 38.7 Å². The van der Waals surface area contributed by atoms with Crippen molar-refractivity contribution < 1.29 is 0 Å². The summed E-state index contributed by atoms with van der Waals surface area (Å²) in [5.74, 6) is 1.70. The maximum Gasteiger partial charge on any atom is 0.107 e. The average Bonchev–Trinajstić information content (AvgIpc) is 2.67. The van der Waals surface area contributed by atoms with Gasteiger partial charge in [-0.1, -0.05) is 39.8 Å². The number of hydrogen-bond donors (Lipinski definition) is 2. The summed E-state index contributed by atoms with van der Waals surface area (Å²) >= 11 is 0. The van der Waals surface area contributed by atoms with Crippen LogP contribution in [0.3, 0.4) is 0 Å². The largest absolute Gasteiger partial charge is 0.342 e. The quantitative estimate of drug-likeness (QED) is 0.880. The van der Waals surface area contributed by atoms with Crippen molar-refractivity contribution in [3.8, 4) is 0 Å². The molecule has 0 bridgehead atoms. The van der Waals surface area contributed by atoms with E-state index in [1.54, 1.807) is 0 Å². The molecule has 3 N–H and O–H groups in total. The molecule has 0 amide bonds. The molecule has 0 radical (unpaired) electrons. The van der Waals surface area contributed by atoms with Gasteiger partial charge in [0.05, 0.1) is 11.0 Å². The van der Waals surface area contributed by atoms with Crippen LogP contribution in [0.1, 0.15) is 45.5 Å². The molecule has 1 aromatic carbocycles. The lowest BCUT2D eigenvalue weighted by Gasteiger charge is -2.22. The molecule has 0 aliphatic rings. The Labute approximate surface area is 115 Å². The molecule has 1 heterocycles. The van der Waals surface area contributed by atoms with Crippen molar-refractivity contribution in [2.45, 2.75) is 47.1 Å². The van der Waals surface area contributed by atoms with E-state index in [9.17, 15) is 0 Å². The minimum Gasteiger partial charge on any atom is -0.342 e. The number of nitrogens with one attached hydrogen (secondary N) is 1. The summed E-state index contributed by atoms with van der Waals surface area (Å²) in [5, 5.41) is 0. The molecule has 2 rings (SSSR count). The number of H-pyrrole nitrogens is 1. The Balaban J connectivity index is 2.18. The summed E-state index contributed by atoms with van der Waals surface area (Å²) in [6, 6.07) is 6.15. The van der Waals surface area contributed by atoms with Crippen LogP contribution in [0.25, 0.3) is 11.0 Å². The lowest BCUT2D eigenvalue weighted by Crippen LogP contribution is -2.13. The van der Waals surface area contributed by atoms with Gasteiger partial charge in [0.2, 0.25) is 0 Å². The molecular weight excluding hydrogens is 234 g/mol. The smallest absolute Gasteiger partial charge is 0.107 e. The Morgan fingerprint density at radius 3 is 2.68 bits per heavy atom. The molecule has 1 unspecified atom stereocenters. The van der Waals surface area contributed by atoms with Gasteiger partial charge in [-0.3, -0.25) is 0 Å². The Kier molecular flexibility index (Phi) is 3.95. The van der Waals surface area contributed by atoms with Crippen LogP contribution in [0, 0.1) is 11.3 Å². The van der Waals surface area contributed by atoms with E-state index in [0.717, 1.165) is 28.8 Å². The molecule has 0 saturated carbocycles. The van der Waals surface area contributed by atoms with E-state index in [1.807, 2.05) is 12.1 Å². The second-order valence-corrected chi connectivity index (χ2v) is 6.78. The molecule has 0 spiro atoms. The van der Waals surface area contributed by atoms with Crippen molar-refractivity contribution in [2.24, 2.45) is 17.1 Å². The van der Waals surface area contributed by atoms with Gasteiger partial charge in [-0.25, -0.2) is 4.98 Å². The molecule has 2 aromatic rings. The topological polar surface area (TPSA) is 54.7 Å². The third kappa shape index (κ3) is 3.57. The number of benzene rings is 1. The lowest BCUT2D eigenvalue weighted by atomic mass is 9.84. The van der Waals surface area contributed by atoms with Crippen molar-refractivity contribution in [2.75, 3.05) is 0 Å². The number of para-hydroxylation sites is 1. The Bertz CT molecular complexity index is 549. The highest BCUT2D eigenvalue weighted by molar-refractivity contribution is 5.78. The van der Waals surface area contributed by atoms with Crippen LogP contribution < -0.4 is 5.73 Å². The first kappa shape index (κ1) is 14.1. The van der Waals surface area contributed by atoms with E-state index >= 15 is 0 Å². The minimum atomic E-state index is 0.369. The van der Waals surface area contributed by atoms with Crippen LogP contribution in [0.15, 0.2) is 18.2 Å². The number of aromatic amines is 1. The summed E-state index contributed by atoms with van der Waals surface area (Å²) < 4.78 is 0. The molecule has 19 heavy (non-hydrogen) atoms. The van der Waals surface area contributed by atoms with Crippen molar-refractivity contribution in [1.82, 2.24) is 9.97 Å². The van der Waals surface area contributed by atoms with Crippen LogP contribution in [0.2, 0.25) is 0 Å². The zero-order valence-electron chi connectivity index (χ0n) is 12.5. The number of nitrogens with zero attached hydrogens (tertiary/aromatic N) is 1. The first-order valence-corrected chi connectivity index (χ1v) is 7.05. The summed E-state index contributed by atoms with van der Waals surface area (Å²) in [4.78, 5) is 8.14. The molecule has 1 aromatic heterocycles. The number of fused-ring (bicyclic) bond motifs is 1. The van der Waals surface area contributed by atoms with Crippen molar-refractivity contribution in [1.29, 1.82) is 0 Å². The number of nitrogens with two attached hydrogens (primary N) is 1. The van der Waals surface area contributed by atoms with Crippen LogP contribution >= 0.6 is 0 Å². The highest BCUT2D eigenvalue weighted by Gasteiger charge is 2.17. The third-order valence-corrected chi connectivity index (χ3v) is 3.37. The summed E-state index contributed by atoms with van der Waals surface area (Å²) in [6.45, 7) is 9.69. The highest BCUT2D eigenvalue weighted by Crippen LogP contribution is 2.26. The predicted molar refractivity (Wildman–Crippen MR) is 80.9 cm³/mol. The van der Waals surface area contributed by atoms with Gasteiger partial charge >= 0.3 is 0 Å². The summed E-state index contributed by atoms with van der Waals surface area (Å²) in [6.07, 6.45) is 2.20. The van der Waals surface area contributed by atoms with E-state index in [-0.39, 0.29) is 0 Å². The third-order valence-electron chi connectivity index (χ3n) is 3.37. The van der Waals surface area contributed by atoms with Crippen LogP contribution in [-0.4, -0.2) is 9.97 Å². The zero-order chi connectivity index (χ0) is 14.0. The van der Waals surface area contributed by atoms with E-state index < -0.39 is 0 Å². The molecule has 104 valence electrons. The van der Waals surface area contributed by atoms with Gasteiger partial charge < -0.3 is 10.7 Å². The lowest BCUT2D eigenvalue weighted by molar-refractivity contribution is 0.304. The van der Waals surface area contributed by atoms with Gasteiger partial charge in [0.15, 0.2) is 0 Å². The number of rotatable bonds is 4. The number of imidazole rings is 1. The number of aromatic nitrogens is 2. The van der Waals surface area contributed by atoms with Gasteiger partial charge in [0.1, 0.15) is 5.82 Å². The van der Waals surface area contributed by atoms with Crippen molar-refractivity contribution >= 4 is 11.0 Å². The highest BCUT2D eigenvalue weighted by atomic mass is 14.9. The molecule has 1 atom stereocenters. The number of hydrogen-bond acceptors (Lipinski definition) is 2. The summed E-state index contributed by atoms with van der Waals surface area (Å²) in [7, 11) is 0. The first-order valence-electron chi connectivity index (χ1n) is 7.05. The fourth-order valence-corrected chi connectivity index (χ4v) is 2.85. The maximum atomic E-state index is 5.76. The fraction of sp³-hybridized carbons (Fsp3) is 0.562. The average molecular weight is 259 g/mol. The van der Waals surface area contributed by atoms with Crippen LogP contribution in [0.4, 0.5) is 0 Å². The minimum absolute atomic E-state index is 0.369. The molecule has 0 aliphatic carbocycles. The first-order chi connectivity index (χ1) is 8.89. The Morgan fingerprint density at radius 1 is 1.32 bits per heavy atom. The fourth-order valence-electron chi connectivity index (χ4n) is 2.85. The van der Waals surface area contributed by atoms with Gasteiger partial charge in [-0.2, -0.15) is 0 Å². The monoisotopic (exact) mass is 259 g/mol. The van der Waals surface area contributed by atoms with Crippen LogP contribution in [0.5, 0.6) is 0 Å². The second-order valence-electron chi connectivity index (χ2n) is 6.78. The van der Waals surface area contributed by atoms with Gasteiger partial charge in [0, 0.05) is 13.0 Å². The van der Waals surface area contributed by atoms with Gasteiger partial charge in [0.25, 0.3) is 0 Å². The molecule has 0 fully saturated rings. The zero-order valence-corrected chi connectivity index (χ0v) is 12.5.